The van der Waals surface area contributed by atoms with E-state index in [0.29, 0.717) is 34.9 Å². The Morgan fingerprint density at radius 2 is 1.73 bits per heavy atom. The van der Waals surface area contributed by atoms with Crippen LogP contribution in [0, 0.1) is 0 Å². The Kier molecular flexibility index (Phi) is 8.54. The van der Waals surface area contributed by atoms with Gasteiger partial charge in [0, 0.05) is 37.1 Å². The Morgan fingerprint density at radius 1 is 0.970 bits per heavy atom. The fourth-order valence-corrected chi connectivity index (χ4v) is 3.91. The first-order valence-electron chi connectivity index (χ1n) is 11.3. The molecule has 0 unspecified atom stereocenters. The SMILES string of the molecule is COc1ccc(C(=O)Nc2ccc(N3CCCC3)c(C(=O)NCCCN(C)C)c2)c(OC)c1. The molecule has 2 N–H and O–H groups in total. The number of benzene rings is 2. The van der Waals surface area contributed by atoms with Crippen LogP contribution < -0.4 is 25.0 Å². The molecule has 1 aliphatic heterocycles. The molecule has 0 aliphatic carbocycles. The van der Waals surface area contributed by atoms with Gasteiger partial charge in [-0.25, -0.2) is 0 Å². The number of hydrogen-bond acceptors (Lipinski definition) is 6. The van der Waals surface area contributed by atoms with Gasteiger partial charge in [0.1, 0.15) is 11.5 Å². The van der Waals surface area contributed by atoms with Gasteiger partial charge in [0.15, 0.2) is 0 Å². The quantitative estimate of drug-likeness (QED) is 0.537. The number of nitrogens with zero attached hydrogens (tertiary/aromatic N) is 2. The molecule has 0 aromatic heterocycles. The van der Waals surface area contributed by atoms with Crippen LogP contribution >= 0.6 is 0 Å². The van der Waals surface area contributed by atoms with Crippen molar-refractivity contribution < 1.29 is 19.1 Å². The zero-order valence-corrected chi connectivity index (χ0v) is 19.9. The van der Waals surface area contributed by atoms with Crippen molar-refractivity contribution in [3.8, 4) is 11.5 Å². The molecule has 2 aromatic carbocycles. The third-order valence-corrected chi connectivity index (χ3v) is 5.67. The number of ether oxygens (including phenoxy) is 2. The van der Waals surface area contributed by atoms with Crippen molar-refractivity contribution in [2.45, 2.75) is 19.3 Å². The van der Waals surface area contributed by atoms with Gasteiger partial charge in [-0.3, -0.25) is 9.59 Å². The molecule has 2 aromatic rings. The number of carbonyl (C=O) groups is 2. The van der Waals surface area contributed by atoms with Crippen LogP contribution in [0.2, 0.25) is 0 Å². The molecule has 0 radical (unpaired) electrons. The first kappa shape index (κ1) is 24.4. The van der Waals surface area contributed by atoms with E-state index >= 15 is 0 Å². The van der Waals surface area contributed by atoms with Gasteiger partial charge in [-0.2, -0.15) is 0 Å². The van der Waals surface area contributed by atoms with Gasteiger partial charge >= 0.3 is 0 Å². The summed E-state index contributed by atoms with van der Waals surface area (Å²) in [5, 5.41) is 5.92. The van der Waals surface area contributed by atoms with Crippen molar-refractivity contribution in [3.63, 3.8) is 0 Å². The summed E-state index contributed by atoms with van der Waals surface area (Å²) in [6.07, 6.45) is 3.09. The molecule has 3 rings (SSSR count). The standard InChI is InChI=1S/C25H34N4O4/c1-28(2)13-7-12-26-24(30)21-16-18(8-11-22(21)29-14-5-6-15-29)27-25(31)20-10-9-19(32-3)17-23(20)33-4/h8-11,16-17H,5-7,12-15H2,1-4H3,(H,26,30)(H,27,31). The van der Waals surface area contributed by atoms with Gasteiger partial charge in [-0.1, -0.05) is 0 Å². The van der Waals surface area contributed by atoms with Crippen LogP contribution in [0.3, 0.4) is 0 Å². The highest BCUT2D eigenvalue weighted by atomic mass is 16.5. The molecule has 1 aliphatic rings. The summed E-state index contributed by atoms with van der Waals surface area (Å²) in [4.78, 5) is 30.3. The minimum absolute atomic E-state index is 0.131. The smallest absolute Gasteiger partial charge is 0.259 e. The van der Waals surface area contributed by atoms with Crippen LogP contribution in [0.1, 0.15) is 40.0 Å². The second-order valence-electron chi connectivity index (χ2n) is 8.36. The normalized spacial score (nSPS) is 13.2. The summed E-state index contributed by atoms with van der Waals surface area (Å²) in [6, 6.07) is 10.5. The van der Waals surface area contributed by atoms with E-state index in [4.69, 9.17) is 9.47 Å². The van der Waals surface area contributed by atoms with E-state index in [0.717, 1.165) is 44.6 Å². The Bertz CT molecular complexity index is 971. The molecule has 2 amide bonds. The lowest BCUT2D eigenvalue weighted by atomic mass is 10.1. The zero-order valence-electron chi connectivity index (χ0n) is 19.9. The molecule has 1 heterocycles. The fraction of sp³-hybridized carbons (Fsp3) is 0.440. The number of carbonyl (C=O) groups excluding carboxylic acids is 2. The van der Waals surface area contributed by atoms with Crippen molar-refractivity contribution in [2.75, 3.05) is 64.7 Å². The summed E-state index contributed by atoms with van der Waals surface area (Å²) in [6.45, 7) is 3.35. The zero-order chi connectivity index (χ0) is 23.8. The van der Waals surface area contributed by atoms with Crippen LogP contribution in [0.4, 0.5) is 11.4 Å². The minimum atomic E-state index is -0.319. The van der Waals surface area contributed by atoms with Crippen LogP contribution in [0.15, 0.2) is 36.4 Å². The maximum Gasteiger partial charge on any atom is 0.259 e. The topological polar surface area (TPSA) is 83.1 Å². The molecule has 0 spiro atoms. The maximum atomic E-state index is 13.0. The number of anilines is 2. The third-order valence-electron chi connectivity index (χ3n) is 5.67. The van der Waals surface area contributed by atoms with Crippen molar-refractivity contribution in [1.29, 1.82) is 0 Å². The molecule has 8 heteroatoms. The van der Waals surface area contributed by atoms with Gasteiger partial charge < -0.3 is 29.9 Å². The number of methoxy groups -OCH3 is 2. The predicted octanol–water partition coefficient (Wildman–Crippen LogP) is 3.24. The van der Waals surface area contributed by atoms with E-state index in [1.807, 2.05) is 26.2 Å². The molecule has 1 saturated heterocycles. The predicted molar refractivity (Wildman–Crippen MR) is 131 cm³/mol. The summed E-state index contributed by atoms with van der Waals surface area (Å²) >= 11 is 0. The van der Waals surface area contributed by atoms with E-state index < -0.39 is 0 Å². The molecule has 33 heavy (non-hydrogen) atoms. The number of rotatable bonds is 10. The Balaban J connectivity index is 1.80. The maximum absolute atomic E-state index is 13.0. The lowest BCUT2D eigenvalue weighted by molar-refractivity contribution is 0.0951. The van der Waals surface area contributed by atoms with Crippen LogP contribution in [0.25, 0.3) is 0 Å². The average Bonchev–Trinajstić information content (AvgIpc) is 3.35. The van der Waals surface area contributed by atoms with Crippen LogP contribution in [-0.4, -0.2) is 71.2 Å². The first-order valence-corrected chi connectivity index (χ1v) is 11.3. The van der Waals surface area contributed by atoms with Gasteiger partial charge in [0.25, 0.3) is 11.8 Å². The monoisotopic (exact) mass is 454 g/mol. The highest BCUT2D eigenvalue weighted by Gasteiger charge is 2.21. The van der Waals surface area contributed by atoms with E-state index in [9.17, 15) is 9.59 Å². The Labute approximate surface area is 195 Å². The number of nitrogens with one attached hydrogen (secondary N) is 2. The van der Waals surface area contributed by atoms with Crippen LogP contribution in [-0.2, 0) is 0 Å². The van der Waals surface area contributed by atoms with Gasteiger partial charge in [0.2, 0.25) is 0 Å². The summed E-state index contributed by atoms with van der Waals surface area (Å²) in [7, 11) is 7.09. The van der Waals surface area contributed by atoms with Crippen molar-refractivity contribution in [2.24, 2.45) is 0 Å². The summed E-state index contributed by atoms with van der Waals surface area (Å²) < 4.78 is 10.6. The van der Waals surface area contributed by atoms with E-state index in [1.165, 1.54) is 7.11 Å². The lowest BCUT2D eigenvalue weighted by Gasteiger charge is -2.22. The molecule has 0 bridgehead atoms. The van der Waals surface area contributed by atoms with Crippen LogP contribution in [0.5, 0.6) is 11.5 Å². The largest absolute Gasteiger partial charge is 0.497 e. The number of amides is 2. The molecule has 178 valence electrons. The number of hydrogen-bond donors (Lipinski definition) is 2. The third kappa shape index (κ3) is 6.38. The average molecular weight is 455 g/mol. The minimum Gasteiger partial charge on any atom is -0.497 e. The first-order chi connectivity index (χ1) is 15.9. The van der Waals surface area contributed by atoms with Crippen molar-refractivity contribution in [1.82, 2.24) is 10.2 Å². The van der Waals surface area contributed by atoms with Crippen molar-refractivity contribution >= 4 is 23.2 Å². The molecule has 1 fully saturated rings. The van der Waals surface area contributed by atoms with Gasteiger partial charge in [0.05, 0.1) is 25.3 Å². The summed E-state index contributed by atoms with van der Waals surface area (Å²) in [5.74, 6) is 0.570. The Hall–Kier alpha value is -3.26. The van der Waals surface area contributed by atoms with E-state index in [2.05, 4.69) is 20.4 Å². The Morgan fingerprint density at radius 3 is 2.39 bits per heavy atom. The molecule has 0 atom stereocenters. The summed E-state index contributed by atoms with van der Waals surface area (Å²) in [5.41, 5.74) is 2.41. The van der Waals surface area contributed by atoms with Crippen molar-refractivity contribution in [3.05, 3.63) is 47.5 Å². The molecular weight excluding hydrogens is 420 g/mol. The molecule has 8 nitrogen and oxygen atoms in total. The van der Waals surface area contributed by atoms with E-state index in [-0.39, 0.29) is 11.8 Å². The van der Waals surface area contributed by atoms with Gasteiger partial charge in [-0.15, -0.1) is 0 Å². The fourth-order valence-electron chi connectivity index (χ4n) is 3.91. The highest BCUT2D eigenvalue weighted by Crippen LogP contribution is 2.29. The molecular formula is C25H34N4O4. The molecule has 0 saturated carbocycles. The lowest BCUT2D eigenvalue weighted by Crippen LogP contribution is -2.29. The van der Waals surface area contributed by atoms with E-state index in [1.54, 1.807) is 31.4 Å². The second-order valence-corrected chi connectivity index (χ2v) is 8.36. The van der Waals surface area contributed by atoms with Gasteiger partial charge in [-0.05, 0) is 70.2 Å². The second kappa shape index (κ2) is 11.6. The highest BCUT2D eigenvalue weighted by molar-refractivity contribution is 6.08.